The Morgan fingerprint density at radius 2 is 1.94 bits per heavy atom. The largest absolute Gasteiger partial charge is 0.370 e. The number of aromatic nitrogens is 1. The highest BCUT2D eigenvalue weighted by atomic mass is 35.5. The fourth-order valence-electron chi connectivity index (χ4n) is 1.73. The fourth-order valence-corrected chi connectivity index (χ4v) is 1.88. The number of benzene rings is 1. The summed E-state index contributed by atoms with van der Waals surface area (Å²) in [6.45, 7) is 0.714. The van der Waals surface area contributed by atoms with E-state index in [2.05, 4.69) is 9.88 Å². The van der Waals surface area contributed by atoms with Crippen LogP contribution < -0.4 is 4.90 Å². The number of hydrogen-bond donors (Lipinski definition) is 0. The van der Waals surface area contributed by atoms with Crippen molar-refractivity contribution in [1.29, 1.82) is 0 Å². The summed E-state index contributed by atoms with van der Waals surface area (Å²) in [4.78, 5) is 6.23. The molecule has 4 heteroatoms. The van der Waals surface area contributed by atoms with E-state index in [4.69, 9.17) is 11.6 Å². The predicted octanol–water partition coefficient (Wildman–Crippen LogP) is 3.60. The van der Waals surface area contributed by atoms with Crippen molar-refractivity contribution in [2.75, 3.05) is 11.9 Å². The molecule has 2 aromatic rings. The van der Waals surface area contributed by atoms with Crippen LogP contribution in [-0.4, -0.2) is 12.0 Å². The molecule has 0 aliphatic carbocycles. The highest BCUT2D eigenvalue weighted by molar-refractivity contribution is 6.16. The van der Waals surface area contributed by atoms with Crippen molar-refractivity contribution in [2.45, 2.75) is 12.4 Å². The normalized spacial score (nSPS) is 10.4. The zero-order valence-corrected chi connectivity index (χ0v) is 10.9. The van der Waals surface area contributed by atoms with E-state index in [1.807, 2.05) is 19.2 Å². The Morgan fingerprint density at radius 1 is 1.22 bits per heavy atom. The molecule has 0 aliphatic rings. The molecule has 94 valence electrons. The van der Waals surface area contributed by atoms with Crippen LogP contribution in [0.4, 0.5) is 10.1 Å². The van der Waals surface area contributed by atoms with E-state index in [1.54, 1.807) is 18.3 Å². The maximum atomic E-state index is 12.8. The van der Waals surface area contributed by atoms with Crippen LogP contribution in [0.5, 0.6) is 0 Å². The van der Waals surface area contributed by atoms with Crippen molar-refractivity contribution in [2.24, 2.45) is 0 Å². The summed E-state index contributed by atoms with van der Waals surface area (Å²) in [5.74, 6) is 0.188. The molecule has 18 heavy (non-hydrogen) atoms. The van der Waals surface area contributed by atoms with Crippen molar-refractivity contribution in [3.63, 3.8) is 0 Å². The zero-order chi connectivity index (χ0) is 13.0. The Labute approximate surface area is 111 Å². The van der Waals surface area contributed by atoms with Gasteiger partial charge >= 0.3 is 0 Å². The average Bonchev–Trinajstić information content (AvgIpc) is 2.41. The standard InChI is InChI=1S/C14H14ClFN2/c1-18(10-11-2-4-12(16)5-3-11)14-6-7-17-13(8-14)9-15/h2-8H,9-10H2,1H3. The second kappa shape index (κ2) is 5.83. The van der Waals surface area contributed by atoms with Crippen LogP contribution in [0.3, 0.4) is 0 Å². The topological polar surface area (TPSA) is 16.1 Å². The van der Waals surface area contributed by atoms with E-state index in [0.717, 1.165) is 16.9 Å². The van der Waals surface area contributed by atoms with Gasteiger partial charge in [0.25, 0.3) is 0 Å². The summed E-state index contributed by atoms with van der Waals surface area (Å²) in [6.07, 6.45) is 1.74. The Bertz CT molecular complexity index is 513. The third kappa shape index (κ3) is 3.20. The number of alkyl halides is 1. The number of halogens is 2. The lowest BCUT2D eigenvalue weighted by Crippen LogP contribution is -2.16. The molecule has 0 unspecified atom stereocenters. The third-order valence-electron chi connectivity index (χ3n) is 2.71. The molecule has 2 rings (SSSR count). The van der Waals surface area contributed by atoms with Gasteiger partial charge < -0.3 is 4.90 Å². The minimum atomic E-state index is -0.213. The molecule has 1 heterocycles. The lowest BCUT2D eigenvalue weighted by atomic mass is 10.2. The predicted molar refractivity (Wildman–Crippen MR) is 72.3 cm³/mol. The van der Waals surface area contributed by atoms with Gasteiger partial charge in [0, 0.05) is 25.5 Å². The molecule has 0 bridgehead atoms. The Morgan fingerprint density at radius 3 is 2.61 bits per heavy atom. The molecule has 0 amide bonds. The van der Waals surface area contributed by atoms with Crippen LogP contribution in [-0.2, 0) is 12.4 Å². The molecule has 0 fully saturated rings. The molecule has 0 aliphatic heterocycles. The van der Waals surface area contributed by atoms with Gasteiger partial charge in [0.05, 0.1) is 11.6 Å². The van der Waals surface area contributed by atoms with Gasteiger partial charge in [0.15, 0.2) is 0 Å². The lowest BCUT2D eigenvalue weighted by Gasteiger charge is -2.19. The summed E-state index contributed by atoms with van der Waals surface area (Å²) in [5.41, 5.74) is 2.95. The second-order valence-electron chi connectivity index (χ2n) is 4.12. The first-order valence-corrected chi connectivity index (χ1v) is 6.19. The summed E-state index contributed by atoms with van der Waals surface area (Å²) >= 11 is 5.76. The minimum absolute atomic E-state index is 0.213. The van der Waals surface area contributed by atoms with Crippen LogP contribution in [0.15, 0.2) is 42.6 Å². The van der Waals surface area contributed by atoms with E-state index < -0.39 is 0 Å². The van der Waals surface area contributed by atoms with Gasteiger partial charge in [-0.25, -0.2) is 4.39 Å². The molecule has 2 nitrogen and oxygen atoms in total. The average molecular weight is 265 g/mol. The SMILES string of the molecule is CN(Cc1ccc(F)cc1)c1ccnc(CCl)c1. The maximum absolute atomic E-state index is 12.8. The molecule has 0 saturated heterocycles. The summed E-state index contributed by atoms with van der Waals surface area (Å²) in [7, 11) is 1.98. The number of pyridine rings is 1. The van der Waals surface area contributed by atoms with Crippen molar-refractivity contribution < 1.29 is 4.39 Å². The molecule has 0 N–H and O–H groups in total. The van der Waals surface area contributed by atoms with Crippen LogP contribution >= 0.6 is 11.6 Å². The first-order valence-electron chi connectivity index (χ1n) is 5.65. The molecule has 0 atom stereocenters. The maximum Gasteiger partial charge on any atom is 0.123 e. The highest BCUT2D eigenvalue weighted by Crippen LogP contribution is 2.16. The van der Waals surface area contributed by atoms with Crippen molar-refractivity contribution >= 4 is 17.3 Å². The molecule has 0 spiro atoms. The van der Waals surface area contributed by atoms with E-state index >= 15 is 0 Å². The van der Waals surface area contributed by atoms with Crippen molar-refractivity contribution in [3.8, 4) is 0 Å². The van der Waals surface area contributed by atoms with Gasteiger partial charge in [-0.1, -0.05) is 12.1 Å². The second-order valence-corrected chi connectivity index (χ2v) is 4.39. The van der Waals surface area contributed by atoms with Crippen molar-refractivity contribution in [3.05, 3.63) is 59.7 Å². The molecule has 0 saturated carbocycles. The third-order valence-corrected chi connectivity index (χ3v) is 2.98. The summed E-state index contributed by atoms with van der Waals surface area (Å²) in [6, 6.07) is 10.4. The van der Waals surface area contributed by atoms with E-state index in [-0.39, 0.29) is 5.82 Å². The summed E-state index contributed by atoms with van der Waals surface area (Å²) < 4.78 is 12.8. The minimum Gasteiger partial charge on any atom is -0.370 e. The van der Waals surface area contributed by atoms with Crippen LogP contribution in [0.25, 0.3) is 0 Å². The quantitative estimate of drug-likeness (QED) is 0.785. The molecular formula is C14H14ClFN2. The van der Waals surface area contributed by atoms with E-state index in [1.165, 1.54) is 12.1 Å². The Balaban J connectivity index is 2.11. The molecule has 1 aromatic heterocycles. The summed E-state index contributed by atoms with van der Waals surface area (Å²) in [5, 5.41) is 0. The number of hydrogen-bond acceptors (Lipinski definition) is 2. The molecule has 1 aromatic carbocycles. The van der Waals surface area contributed by atoms with E-state index in [0.29, 0.717) is 12.4 Å². The smallest absolute Gasteiger partial charge is 0.123 e. The lowest BCUT2D eigenvalue weighted by molar-refractivity contribution is 0.627. The van der Waals surface area contributed by atoms with E-state index in [9.17, 15) is 4.39 Å². The van der Waals surface area contributed by atoms with Crippen LogP contribution in [0.1, 0.15) is 11.3 Å². The van der Waals surface area contributed by atoms with Crippen LogP contribution in [0.2, 0.25) is 0 Å². The van der Waals surface area contributed by atoms with Gasteiger partial charge in [0.1, 0.15) is 5.82 Å². The highest BCUT2D eigenvalue weighted by Gasteiger charge is 2.03. The molecule has 0 radical (unpaired) electrons. The van der Waals surface area contributed by atoms with Gasteiger partial charge in [-0.15, -0.1) is 11.6 Å². The van der Waals surface area contributed by atoms with Gasteiger partial charge in [0.2, 0.25) is 0 Å². The fraction of sp³-hybridized carbons (Fsp3) is 0.214. The number of anilines is 1. The number of rotatable bonds is 4. The van der Waals surface area contributed by atoms with Crippen LogP contribution in [0, 0.1) is 5.82 Å². The van der Waals surface area contributed by atoms with Gasteiger partial charge in [-0.3, -0.25) is 4.98 Å². The first-order chi connectivity index (χ1) is 8.69. The number of nitrogens with zero attached hydrogens (tertiary/aromatic N) is 2. The molecular weight excluding hydrogens is 251 g/mol. The monoisotopic (exact) mass is 264 g/mol. The Kier molecular flexibility index (Phi) is 4.15. The van der Waals surface area contributed by atoms with Gasteiger partial charge in [-0.2, -0.15) is 0 Å². The van der Waals surface area contributed by atoms with Crippen molar-refractivity contribution in [1.82, 2.24) is 4.98 Å². The Hall–Kier alpha value is -1.61. The zero-order valence-electron chi connectivity index (χ0n) is 10.1. The first kappa shape index (κ1) is 12.8. The van der Waals surface area contributed by atoms with Gasteiger partial charge in [-0.05, 0) is 29.8 Å².